The van der Waals surface area contributed by atoms with Crippen LogP contribution in [0.3, 0.4) is 0 Å². The molecule has 1 saturated carbocycles. The molecule has 2 aliphatic carbocycles. The molecule has 0 spiro atoms. The molecule has 1 heterocycles. The third kappa shape index (κ3) is 2.67. The van der Waals surface area contributed by atoms with Gasteiger partial charge in [-0.1, -0.05) is 46.4 Å². The van der Waals surface area contributed by atoms with E-state index in [0.717, 1.165) is 5.01 Å². The van der Waals surface area contributed by atoms with Gasteiger partial charge >= 0.3 is 5.97 Å². The number of benzene rings is 1. The maximum Gasteiger partial charge on any atom is 0.309 e. The van der Waals surface area contributed by atoms with Crippen molar-refractivity contribution in [3.8, 4) is 0 Å². The number of allylic oxidation sites excluding steroid dienone is 2. The Labute approximate surface area is 205 Å². The van der Waals surface area contributed by atoms with Crippen LogP contribution in [-0.2, 0) is 9.59 Å². The second-order valence-electron chi connectivity index (χ2n) is 6.73. The zero-order valence-corrected chi connectivity index (χ0v) is 19.7. The summed E-state index contributed by atoms with van der Waals surface area (Å²) in [4.78, 5) is 28.1. The molecule has 14 heteroatoms. The van der Waals surface area contributed by atoms with Gasteiger partial charge in [0.05, 0.1) is 44.9 Å². The summed E-state index contributed by atoms with van der Waals surface area (Å²) in [6.45, 7) is 0. The van der Waals surface area contributed by atoms with Gasteiger partial charge in [0.1, 0.15) is 9.75 Å². The summed E-state index contributed by atoms with van der Waals surface area (Å²) < 4.78 is -2.20. The monoisotopic (exact) mass is 552 g/mol. The number of H-pyrrole nitrogens is 1. The van der Waals surface area contributed by atoms with Gasteiger partial charge in [0, 0.05) is 0 Å². The second-order valence-corrected chi connectivity index (χ2v) is 10.0. The number of carboxylic acid groups (broad SMARTS) is 1. The smallest absolute Gasteiger partial charge is 0.309 e. The zero-order valence-electron chi connectivity index (χ0n) is 14.4. The average molecular weight is 555 g/mol. The Morgan fingerprint density at radius 3 is 2.23 bits per heavy atom. The van der Waals surface area contributed by atoms with E-state index < -0.39 is 37.8 Å². The van der Waals surface area contributed by atoms with Gasteiger partial charge < -0.3 is 10.1 Å². The van der Waals surface area contributed by atoms with Gasteiger partial charge in [-0.05, 0) is 18.2 Å². The third-order valence-corrected chi connectivity index (χ3v) is 9.65. The molecule has 1 aromatic heterocycles. The van der Waals surface area contributed by atoms with E-state index in [1.807, 2.05) is 0 Å². The number of nitrogens with zero attached hydrogens (tertiary/aromatic N) is 2. The molecule has 1 amide bonds. The highest BCUT2D eigenvalue weighted by Crippen LogP contribution is 2.76. The number of anilines is 1. The van der Waals surface area contributed by atoms with E-state index in [9.17, 15) is 14.7 Å². The maximum atomic E-state index is 13.3. The average Bonchev–Trinajstić information content (AvgIpc) is 3.22. The molecular weight excluding hydrogens is 544 g/mol. The molecule has 7 nitrogen and oxygen atoms in total. The fourth-order valence-electron chi connectivity index (χ4n) is 3.96. The standard InChI is InChI=1S/C16H10Cl6N4O3.ClH/c17-10-11(18)15(20)9(13(28)29)8(14(10,19)16(15,21)22)12(27)26(23)5-1-2-6-7(3-5)25-4-24-6;/h1-4,8-9H,23H2,(H,24,25)(H,28,29);1H/t8-,9+,14?,15?;/m1./s1. The molecule has 4 N–H and O–H groups in total. The molecule has 1 aromatic carbocycles. The van der Waals surface area contributed by atoms with E-state index in [4.69, 9.17) is 75.4 Å². The number of carbonyl (C=O) groups excluding carboxylic acids is 1. The first-order chi connectivity index (χ1) is 13.4. The van der Waals surface area contributed by atoms with Crippen molar-refractivity contribution in [1.82, 2.24) is 9.97 Å². The van der Waals surface area contributed by atoms with E-state index in [1.54, 1.807) is 12.1 Å². The van der Waals surface area contributed by atoms with Crippen molar-refractivity contribution in [3.05, 3.63) is 34.6 Å². The second kappa shape index (κ2) is 7.46. The summed E-state index contributed by atoms with van der Waals surface area (Å²) in [5.74, 6) is 0.340. The summed E-state index contributed by atoms with van der Waals surface area (Å²) >= 11 is 38.3. The normalized spacial score (nSPS) is 31.7. The van der Waals surface area contributed by atoms with Crippen molar-refractivity contribution in [2.24, 2.45) is 17.7 Å². The summed E-state index contributed by atoms with van der Waals surface area (Å²) in [6, 6.07) is 4.71. The van der Waals surface area contributed by atoms with Gasteiger partial charge in [-0.25, -0.2) is 15.8 Å². The molecule has 1 fully saturated rings. The highest BCUT2D eigenvalue weighted by Gasteiger charge is 2.85. The van der Waals surface area contributed by atoms with Crippen molar-refractivity contribution in [1.29, 1.82) is 0 Å². The number of halogens is 7. The third-order valence-electron chi connectivity index (χ3n) is 5.39. The number of carboxylic acids is 1. The number of aromatic amines is 1. The molecule has 0 radical (unpaired) electrons. The fourth-order valence-corrected chi connectivity index (χ4v) is 6.89. The minimum Gasteiger partial charge on any atom is -0.481 e. The predicted octanol–water partition coefficient (Wildman–Crippen LogP) is 4.35. The van der Waals surface area contributed by atoms with Crippen LogP contribution in [0.4, 0.5) is 5.69 Å². The predicted molar refractivity (Wildman–Crippen MR) is 120 cm³/mol. The number of rotatable bonds is 3. The van der Waals surface area contributed by atoms with Gasteiger partial charge in [-0.3, -0.25) is 9.59 Å². The summed E-state index contributed by atoms with van der Waals surface area (Å²) in [7, 11) is 0. The van der Waals surface area contributed by atoms with Crippen LogP contribution in [0.1, 0.15) is 0 Å². The number of hydrogen-bond donors (Lipinski definition) is 3. The van der Waals surface area contributed by atoms with Crippen LogP contribution in [-0.4, -0.2) is 41.0 Å². The van der Waals surface area contributed by atoms with Crippen LogP contribution in [0.5, 0.6) is 0 Å². The van der Waals surface area contributed by atoms with Crippen molar-refractivity contribution in [2.75, 3.05) is 5.01 Å². The molecule has 2 aliphatic rings. The lowest BCUT2D eigenvalue weighted by molar-refractivity contribution is -0.146. The Bertz CT molecular complexity index is 1110. The lowest BCUT2D eigenvalue weighted by Crippen LogP contribution is -2.53. The lowest BCUT2D eigenvalue weighted by Gasteiger charge is -2.35. The Hall–Kier alpha value is -0.640. The number of hydrazine groups is 1. The Morgan fingerprint density at radius 1 is 1.10 bits per heavy atom. The van der Waals surface area contributed by atoms with E-state index in [0.29, 0.717) is 11.0 Å². The molecule has 0 saturated heterocycles. The van der Waals surface area contributed by atoms with E-state index in [1.165, 1.54) is 12.4 Å². The summed E-state index contributed by atoms with van der Waals surface area (Å²) in [5.41, 5.74) is 1.49. The number of fused-ring (bicyclic) bond motifs is 3. The molecule has 4 rings (SSSR count). The Balaban J connectivity index is 0.00000256. The quantitative estimate of drug-likeness (QED) is 0.226. The number of alkyl halides is 4. The number of hydrogen-bond acceptors (Lipinski definition) is 4. The highest BCUT2D eigenvalue weighted by atomic mass is 35.5. The van der Waals surface area contributed by atoms with E-state index in [2.05, 4.69) is 9.97 Å². The minimum atomic E-state index is -2.20. The number of imidazole rings is 1. The SMILES string of the molecule is Cl.NN(C(=O)[C@H]1[C@@H](C(=O)O)C2(Cl)C(Cl)=C(Cl)C1(Cl)C2(Cl)Cl)c1ccc2nc[nH]c2c1. The van der Waals surface area contributed by atoms with Crippen molar-refractivity contribution in [3.63, 3.8) is 0 Å². The maximum absolute atomic E-state index is 13.3. The first-order valence-corrected chi connectivity index (χ1v) is 10.2. The fraction of sp³-hybridized carbons (Fsp3) is 0.312. The highest BCUT2D eigenvalue weighted by molar-refractivity contribution is 6.66. The lowest BCUT2D eigenvalue weighted by atomic mass is 9.81. The van der Waals surface area contributed by atoms with Crippen molar-refractivity contribution < 1.29 is 14.7 Å². The number of nitrogens with one attached hydrogen (secondary N) is 1. The summed E-state index contributed by atoms with van der Waals surface area (Å²) in [5, 5.41) is 9.95. The number of aliphatic carboxylic acids is 1. The van der Waals surface area contributed by atoms with Crippen LogP contribution in [0.2, 0.25) is 0 Å². The van der Waals surface area contributed by atoms with E-state index in [-0.39, 0.29) is 28.2 Å². The van der Waals surface area contributed by atoms with Gasteiger partial charge in [-0.2, -0.15) is 0 Å². The Kier molecular flexibility index (Phi) is 5.97. The van der Waals surface area contributed by atoms with Crippen LogP contribution in [0, 0.1) is 11.8 Å². The molecule has 4 atom stereocenters. The topological polar surface area (TPSA) is 112 Å². The van der Waals surface area contributed by atoms with Crippen molar-refractivity contribution >= 4 is 111 Å². The van der Waals surface area contributed by atoms with Crippen LogP contribution in [0.15, 0.2) is 34.6 Å². The first-order valence-electron chi connectivity index (χ1n) is 7.97. The summed E-state index contributed by atoms with van der Waals surface area (Å²) in [6.07, 6.45) is 1.47. The molecule has 2 bridgehead atoms. The molecule has 0 aliphatic heterocycles. The van der Waals surface area contributed by atoms with Crippen molar-refractivity contribution in [2.45, 2.75) is 14.1 Å². The minimum absolute atomic E-state index is 0. The van der Waals surface area contributed by atoms with Gasteiger partial charge in [0.25, 0.3) is 0 Å². The van der Waals surface area contributed by atoms with Crippen LogP contribution < -0.4 is 10.9 Å². The molecule has 2 unspecified atom stereocenters. The number of carbonyl (C=O) groups is 2. The zero-order chi connectivity index (χ0) is 21.5. The van der Waals surface area contributed by atoms with Crippen LogP contribution >= 0.6 is 82.0 Å². The number of amides is 1. The van der Waals surface area contributed by atoms with E-state index >= 15 is 0 Å². The largest absolute Gasteiger partial charge is 0.481 e. The number of nitrogens with two attached hydrogens (primary N) is 1. The molecule has 2 aromatic rings. The molecular formula is C16H11Cl7N4O3. The Morgan fingerprint density at radius 2 is 1.67 bits per heavy atom. The first kappa shape index (κ1) is 24.0. The van der Waals surface area contributed by atoms with Crippen LogP contribution in [0.25, 0.3) is 11.0 Å². The molecule has 30 heavy (non-hydrogen) atoms. The number of aromatic nitrogens is 2. The molecule has 162 valence electrons. The van der Waals surface area contributed by atoms with Gasteiger partial charge in [-0.15, -0.1) is 35.6 Å². The van der Waals surface area contributed by atoms with Gasteiger partial charge in [0.2, 0.25) is 5.91 Å². The van der Waals surface area contributed by atoms with Gasteiger partial charge in [0.15, 0.2) is 4.33 Å².